The number of esters is 1. The number of methoxy groups -OCH3 is 1. The Labute approximate surface area is 258 Å². The van der Waals surface area contributed by atoms with Gasteiger partial charge in [-0.1, -0.05) is 60.5 Å². The predicted octanol–water partition coefficient (Wildman–Crippen LogP) is 8.46. The zero-order valence-corrected chi connectivity index (χ0v) is 25.8. The van der Waals surface area contributed by atoms with Crippen molar-refractivity contribution in [3.63, 3.8) is 0 Å². The Balaban J connectivity index is 1.23. The average Bonchev–Trinajstić information content (AvgIpc) is 3.32. The van der Waals surface area contributed by atoms with E-state index in [1.165, 1.54) is 29.4 Å². The number of carbonyl (C=O) groups excluding carboxylic acids is 1. The van der Waals surface area contributed by atoms with Gasteiger partial charge in [0.05, 0.1) is 20.4 Å². The van der Waals surface area contributed by atoms with Crippen molar-refractivity contribution in [2.24, 2.45) is 5.92 Å². The summed E-state index contributed by atoms with van der Waals surface area (Å²) in [5, 5.41) is 4.09. The molecule has 1 saturated carbocycles. The first kappa shape index (κ1) is 29.7. The van der Waals surface area contributed by atoms with Crippen molar-refractivity contribution < 1.29 is 18.7 Å². The first-order valence-corrected chi connectivity index (χ1v) is 15.8. The molecule has 0 radical (unpaired) electrons. The lowest BCUT2D eigenvalue weighted by Crippen LogP contribution is -2.52. The number of benzene rings is 2. The maximum Gasteiger partial charge on any atom is 0.331 e. The van der Waals surface area contributed by atoms with Crippen LogP contribution in [0.1, 0.15) is 80.2 Å². The fourth-order valence-electron chi connectivity index (χ4n) is 7.67. The first-order chi connectivity index (χ1) is 20.9. The van der Waals surface area contributed by atoms with Crippen molar-refractivity contribution >= 4 is 29.3 Å². The molecule has 3 aliphatic carbocycles. The molecule has 43 heavy (non-hydrogen) atoms. The third kappa shape index (κ3) is 5.66. The summed E-state index contributed by atoms with van der Waals surface area (Å²) in [6, 6.07) is 17.8. The molecule has 1 spiro atoms. The van der Waals surface area contributed by atoms with Crippen LogP contribution in [0.2, 0.25) is 5.02 Å². The Bertz CT molecular complexity index is 1510. The Morgan fingerprint density at radius 1 is 1.14 bits per heavy atom. The van der Waals surface area contributed by atoms with Crippen molar-refractivity contribution in [2.75, 3.05) is 25.7 Å². The number of alkyl halides is 1. The van der Waals surface area contributed by atoms with Crippen LogP contribution in [0, 0.1) is 5.92 Å². The van der Waals surface area contributed by atoms with Gasteiger partial charge >= 0.3 is 5.97 Å². The summed E-state index contributed by atoms with van der Waals surface area (Å²) in [5.41, 5.74) is 5.64. The highest BCUT2D eigenvalue weighted by molar-refractivity contribution is 6.30. The minimum Gasteiger partial charge on any atom is -0.493 e. The monoisotopic (exact) mass is 602 g/mol. The van der Waals surface area contributed by atoms with Crippen LogP contribution in [0.5, 0.6) is 5.75 Å². The fraction of sp³-hybridized carbons (Fsp3) is 0.444. The van der Waals surface area contributed by atoms with Crippen LogP contribution in [0.25, 0.3) is 6.08 Å². The van der Waals surface area contributed by atoms with Gasteiger partial charge in [-0.05, 0) is 92.7 Å². The van der Waals surface area contributed by atoms with Crippen LogP contribution in [-0.4, -0.2) is 36.9 Å². The standard InChI is InChI=1S/C36H40ClFN2O3/c1-24-7-5-12-31-33(24)32(13-18-39-31)43-23-25(22-38)19-27-20-26-8-3-4-11-30(26)35(27)14-16-36(17-15-35,34(41)42-2)40-29-10-6-9-28(37)21-29/h3-4,6,8-11,13,18,20-21,24-25,40H,5,7,12,14-17,19,22-23H2,1-2H3/t24-,25?,35?,36?/m1/s1. The number of ether oxygens (including phenoxy) is 2. The predicted molar refractivity (Wildman–Crippen MR) is 170 cm³/mol. The van der Waals surface area contributed by atoms with E-state index in [1.54, 1.807) is 0 Å². The second-order valence-electron chi connectivity index (χ2n) is 12.5. The average molecular weight is 603 g/mol. The molecule has 2 atom stereocenters. The van der Waals surface area contributed by atoms with Gasteiger partial charge in [0.1, 0.15) is 11.3 Å². The molecule has 0 amide bonds. The fourth-order valence-corrected chi connectivity index (χ4v) is 7.86. The molecular formula is C36H40ClFN2O3. The lowest BCUT2D eigenvalue weighted by molar-refractivity contribution is -0.147. The summed E-state index contributed by atoms with van der Waals surface area (Å²) in [6.45, 7) is 2.07. The number of hydrogen-bond acceptors (Lipinski definition) is 5. The second-order valence-corrected chi connectivity index (χ2v) is 13.0. The number of pyridine rings is 1. The number of nitrogens with one attached hydrogen (secondary N) is 1. The highest BCUT2D eigenvalue weighted by atomic mass is 35.5. The number of hydrogen-bond donors (Lipinski definition) is 1. The number of nitrogens with zero attached hydrogens (tertiary/aromatic N) is 1. The molecule has 2 aromatic carbocycles. The number of fused-ring (bicyclic) bond motifs is 3. The summed E-state index contributed by atoms with van der Waals surface area (Å²) in [5.74, 6) is 0.687. The van der Waals surface area contributed by atoms with E-state index < -0.39 is 12.2 Å². The molecular weight excluding hydrogens is 563 g/mol. The highest BCUT2D eigenvalue weighted by Crippen LogP contribution is 2.55. The van der Waals surface area contributed by atoms with Gasteiger partial charge < -0.3 is 14.8 Å². The van der Waals surface area contributed by atoms with E-state index in [2.05, 4.69) is 47.6 Å². The molecule has 0 aliphatic heterocycles. The van der Waals surface area contributed by atoms with Crippen LogP contribution >= 0.6 is 11.6 Å². The molecule has 226 valence electrons. The van der Waals surface area contributed by atoms with E-state index >= 15 is 0 Å². The Hall–Kier alpha value is -3.38. The SMILES string of the molecule is COC(=O)C1(Nc2cccc(Cl)c2)CCC2(CC1)C(CC(CF)COc1ccnc3c1[C@H](C)CCC3)=Cc1ccccc12. The van der Waals surface area contributed by atoms with E-state index in [-0.39, 0.29) is 17.3 Å². The van der Waals surface area contributed by atoms with Gasteiger partial charge in [-0.2, -0.15) is 0 Å². The number of halogens is 2. The van der Waals surface area contributed by atoms with Crippen LogP contribution < -0.4 is 10.1 Å². The quantitative estimate of drug-likeness (QED) is 0.249. The van der Waals surface area contributed by atoms with Crippen molar-refractivity contribution in [3.05, 3.63) is 93.8 Å². The summed E-state index contributed by atoms with van der Waals surface area (Å²) in [6.07, 6.45) is 10.5. The molecule has 0 saturated heterocycles. The summed E-state index contributed by atoms with van der Waals surface area (Å²) in [7, 11) is 1.44. The zero-order valence-electron chi connectivity index (χ0n) is 25.0. The molecule has 3 aliphatic rings. The molecule has 0 bridgehead atoms. The molecule has 6 rings (SSSR count). The zero-order chi connectivity index (χ0) is 30.0. The summed E-state index contributed by atoms with van der Waals surface area (Å²) in [4.78, 5) is 17.9. The normalized spacial score (nSPS) is 24.9. The van der Waals surface area contributed by atoms with Crippen molar-refractivity contribution in [3.8, 4) is 5.75 Å². The largest absolute Gasteiger partial charge is 0.493 e. The Morgan fingerprint density at radius 2 is 1.95 bits per heavy atom. The molecule has 7 heteroatoms. The van der Waals surface area contributed by atoms with Gasteiger partial charge in [0.15, 0.2) is 0 Å². The van der Waals surface area contributed by atoms with Gasteiger partial charge in [-0.3, -0.25) is 9.37 Å². The molecule has 5 nitrogen and oxygen atoms in total. The molecule has 1 fully saturated rings. The minimum atomic E-state index is -0.868. The van der Waals surface area contributed by atoms with Gasteiger partial charge in [0, 0.05) is 39.5 Å². The first-order valence-electron chi connectivity index (χ1n) is 15.5. The molecule has 1 aromatic heterocycles. The number of aryl methyl sites for hydroxylation is 1. The summed E-state index contributed by atoms with van der Waals surface area (Å²) < 4.78 is 26.3. The van der Waals surface area contributed by atoms with Gasteiger partial charge in [-0.25, -0.2) is 4.79 Å². The van der Waals surface area contributed by atoms with Crippen molar-refractivity contribution in [2.45, 2.75) is 75.2 Å². The lowest BCUT2D eigenvalue weighted by atomic mass is 9.61. The maximum absolute atomic E-state index is 14.7. The maximum atomic E-state index is 14.7. The van der Waals surface area contributed by atoms with E-state index in [0.29, 0.717) is 36.8 Å². The number of aromatic nitrogens is 1. The van der Waals surface area contributed by atoms with Gasteiger partial charge in [0.2, 0.25) is 0 Å². The van der Waals surface area contributed by atoms with Gasteiger partial charge in [0.25, 0.3) is 0 Å². The van der Waals surface area contributed by atoms with Gasteiger partial charge in [-0.15, -0.1) is 0 Å². The number of carbonyl (C=O) groups is 1. The van der Waals surface area contributed by atoms with Crippen molar-refractivity contribution in [1.82, 2.24) is 4.98 Å². The molecule has 1 unspecified atom stereocenters. The highest BCUT2D eigenvalue weighted by Gasteiger charge is 2.52. The number of rotatable bonds is 9. The summed E-state index contributed by atoms with van der Waals surface area (Å²) >= 11 is 6.26. The Kier molecular flexibility index (Phi) is 8.50. The third-order valence-electron chi connectivity index (χ3n) is 9.94. The van der Waals surface area contributed by atoms with Crippen LogP contribution in [-0.2, 0) is 21.4 Å². The number of allylic oxidation sites excluding steroid dienone is 1. The second kappa shape index (κ2) is 12.3. The molecule has 1 heterocycles. The molecule has 1 N–H and O–H groups in total. The minimum absolute atomic E-state index is 0.262. The number of anilines is 1. The van der Waals surface area contributed by atoms with E-state index in [0.717, 1.165) is 49.2 Å². The van der Waals surface area contributed by atoms with E-state index in [9.17, 15) is 9.18 Å². The van der Waals surface area contributed by atoms with E-state index in [4.69, 9.17) is 21.1 Å². The lowest BCUT2D eigenvalue weighted by Gasteiger charge is -2.46. The Morgan fingerprint density at radius 3 is 2.72 bits per heavy atom. The third-order valence-corrected chi connectivity index (χ3v) is 10.2. The molecule has 3 aromatic rings. The van der Waals surface area contributed by atoms with Crippen molar-refractivity contribution in [1.29, 1.82) is 0 Å². The van der Waals surface area contributed by atoms with Crippen LogP contribution in [0.15, 0.2) is 66.4 Å². The van der Waals surface area contributed by atoms with E-state index in [1.807, 2.05) is 36.5 Å². The smallest absolute Gasteiger partial charge is 0.331 e. The van der Waals surface area contributed by atoms with Crippen LogP contribution in [0.3, 0.4) is 0 Å². The topological polar surface area (TPSA) is 60.5 Å². The van der Waals surface area contributed by atoms with Crippen LogP contribution in [0.4, 0.5) is 10.1 Å².